The third-order valence-corrected chi connectivity index (χ3v) is 9.87. The lowest BCUT2D eigenvalue weighted by molar-refractivity contribution is -0.137. The second-order valence-electron chi connectivity index (χ2n) is 10.0. The molecule has 0 bridgehead atoms. The van der Waals surface area contributed by atoms with E-state index in [4.69, 9.17) is 4.74 Å². The number of aromatic nitrogens is 1. The van der Waals surface area contributed by atoms with Crippen molar-refractivity contribution in [3.8, 4) is 5.75 Å². The number of benzene rings is 1. The summed E-state index contributed by atoms with van der Waals surface area (Å²) in [6.45, 7) is 2.30. The number of hydrogen-bond donors (Lipinski definition) is 0. The number of carbonyl (C=O) groups excluding carboxylic acids is 1. The lowest BCUT2D eigenvalue weighted by Crippen LogP contribution is -2.41. The molecule has 0 radical (unpaired) electrons. The molecule has 1 aliphatic heterocycles. The number of ether oxygens (including phenoxy) is 1. The van der Waals surface area contributed by atoms with E-state index in [9.17, 15) is 34.8 Å². The minimum Gasteiger partial charge on any atom is -0.490 e. The molecule has 208 valence electrons. The van der Waals surface area contributed by atoms with Gasteiger partial charge in [0.15, 0.2) is 24.7 Å². The first-order valence-corrected chi connectivity index (χ1v) is 15.8. The molecule has 2 fully saturated rings. The zero-order chi connectivity index (χ0) is 27.9. The highest BCUT2D eigenvalue weighted by molar-refractivity contribution is 7.91. The fourth-order valence-corrected chi connectivity index (χ4v) is 7.15. The molecule has 1 amide bonds. The molecule has 0 spiro atoms. The third-order valence-electron chi connectivity index (χ3n) is 6.90. The van der Waals surface area contributed by atoms with Crippen molar-refractivity contribution in [3.05, 3.63) is 47.7 Å². The molecule has 2 aromatic rings. The Hall–Kier alpha value is -2.67. The van der Waals surface area contributed by atoms with Crippen LogP contribution in [0.1, 0.15) is 48.5 Å². The minimum atomic E-state index is -4.68. The van der Waals surface area contributed by atoms with E-state index < -0.39 is 42.3 Å². The normalized spacial score (nSPS) is 18.3. The number of pyridine rings is 1. The minimum absolute atomic E-state index is 0.0559. The van der Waals surface area contributed by atoms with Crippen LogP contribution in [-0.2, 0) is 25.9 Å². The standard InChI is InChI=1S/C25H29F3N2O6S2/c1-16(15-38(34,35)23-13-18(7-10-29-23)25(26,27)28)17-8-11-30(12-9-17)24(31)21-6-5-20(36-19-3-4-19)14-22(21)37(2,32)33/h5-7,10,13-14,16-17,19H,3-4,8-9,11-12,15H2,1-2H3. The molecule has 2 aliphatic rings. The van der Waals surface area contributed by atoms with E-state index >= 15 is 0 Å². The van der Waals surface area contributed by atoms with Crippen LogP contribution in [0.15, 0.2) is 46.5 Å². The summed E-state index contributed by atoms with van der Waals surface area (Å²) in [6, 6.07) is 5.69. The van der Waals surface area contributed by atoms with Crippen molar-refractivity contribution >= 4 is 25.6 Å². The number of rotatable bonds is 8. The molecule has 0 N–H and O–H groups in total. The van der Waals surface area contributed by atoms with Crippen LogP contribution in [-0.4, -0.2) is 63.8 Å². The van der Waals surface area contributed by atoms with Crippen molar-refractivity contribution < 1.29 is 39.5 Å². The Kier molecular flexibility index (Phi) is 7.81. The predicted octanol–water partition coefficient (Wildman–Crippen LogP) is 4.01. The lowest BCUT2D eigenvalue weighted by atomic mass is 9.86. The molecule has 1 atom stereocenters. The number of halogens is 3. The van der Waals surface area contributed by atoms with Crippen LogP contribution in [0.3, 0.4) is 0 Å². The van der Waals surface area contributed by atoms with Crippen molar-refractivity contribution in [1.82, 2.24) is 9.88 Å². The van der Waals surface area contributed by atoms with Gasteiger partial charge in [-0.15, -0.1) is 0 Å². The lowest BCUT2D eigenvalue weighted by Gasteiger charge is -2.35. The maximum Gasteiger partial charge on any atom is 0.416 e. The van der Waals surface area contributed by atoms with E-state index in [0.29, 0.717) is 37.7 Å². The number of carbonyl (C=O) groups is 1. The van der Waals surface area contributed by atoms with E-state index in [1.807, 2.05) is 0 Å². The van der Waals surface area contributed by atoms with Crippen molar-refractivity contribution in [2.75, 3.05) is 25.1 Å². The van der Waals surface area contributed by atoms with Crippen molar-refractivity contribution in [2.24, 2.45) is 11.8 Å². The Balaban J connectivity index is 1.41. The van der Waals surface area contributed by atoms with Gasteiger partial charge in [-0.25, -0.2) is 21.8 Å². The molecule has 1 saturated heterocycles. The summed E-state index contributed by atoms with van der Waals surface area (Å²) in [6.07, 6.45) is -0.00342. The van der Waals surface area contributed by atoms with E-state index in [1.165, 1.54) is 17.0 Å². The zero-order valence-electron chi connectivity index (χ0n) is 20.9. The van der Waals surface area contributed by atoms with Crippen molar-refractivity contribution in [1.29, 1.82) is 0 Å². The van der Waals surface area contributed by atoms with E-state index in [0.717, 1.165) is 31.4 Å². The maximum absolute atomic E-state index is 13.2. The average molecular weight is 575 g/mol. The van der Waals surface area contributed by atoms with Gasteiger partial charge in [-0.2, -0.15) is 13.2 Å². The first-order valence-electron chi connectivity index (χ1n) is 12.2. The number of hydrogen-bond acceptors (Lipinski definition) is 7. The Morgan fingerprint density at radius 3 is 2.32 bits per heavy atom. The van der Waals surface area contributed by atoms with Gasteiger partial charge >= 0.3 is 6.18 Å². The van der Waals surface area contributed by atoms with Crippen LogP contribution >= 0.6 is 0 Å². The predicted molar refractivity (Wildman–Crippen MR) is 132 cm³/mol. The Labute approximate surface area is 220 Å². The summed E-state index contributed by atoms with van der Waals surface area (Å²) in [5, 5.41) is -0.616. The van der Waals surface area contributed by atoms with Crippen molar-refractivity contribution in [3.63, 3.8) is 0 Å². The van der Waals surface area contributed by atoms with Gasteiger partial charge in [0.05, 0.1) is 27.9 Å². The topological polar surface area (TPSA) is 111 Å². The van der Waals surface area contributed by atoms with Gasteiger partial charge in [0.1, 0.15) is 5.75 Å². The maximum atomic E-state index is 13.2. The number of sulfone groups is 2. The smallest absolute Gasteiger partial charge is 0.416 e. The molecule has 1 unspecified atom stereocenters. The first-order chi connectivity index (χ1) is 17.6. The Bertz CT molecular complexity index is 1410. The Morgan fingerprint density at radius 2 is 1.74 bits per heavy atom. The summed E-state index contributed by atoms with van der Waals surface area (Å²) in [5.41, 5.74) is -1.02. The van der Waals surface area contributed by atoms with Gasteiger partial charge in [-0.1, -0.05) is 6.92 Å². The number of amides is 1. The summed E-state index contributed by atoms with van der Waals surface area (Å²) >= 11 is 0. The number of piperidine rings is 1. The van der Waals surface area contributed by atoms with Gasteiger partial charge in [0.25, 0.3) is 5.91 Å². The Morgan fingerprint density at radius 1 is 1.08 bits per heavy atom. The number of nitrogens with zero attached hydrogens (tertiary/aromatic N) is 2. The summed E-state index contributed by atoms with van der Waals surface area (Å²) < 4.78 is 95.1. The van der Waals surface area contributed by atoms with Crippen LogP contribution in [0.4, 0.5) is 13.2 Å². The fraction of sp³-hybridized carbons (Fsp3) is 0.520. The van der Waals surface area contributed by atoms with E-state index in [-0.39, 0.29) is 34.2 Å². The molecular formula is C25H29F3N2O6S2. The highest BCUT2D eigenvalue weighted by atomic mass is 32.2. The number of likely N-dealkylation sites (tertiary alicyclic amines) is 1. The molecule has 8 nitrogen and oxygen atoms in total. The van der Waals surface area contributed by atoms with E-state index in [1.54, 1.807) is 13.0 Å². The van der Waals surface area contributed by atoms with Crippen LogP contribution < -0.4 is 4.74 Å². The zero-order valence-corrected chi connectivity index (χ0v) is 22.6. The highest BCUT2D eigenvalue weighted by Gasteiger charge is 2.35. The molecule has 1 aromatic heterocycles. The van der Waals surface area contributed by atoms with Gasteiger partial charge in [-0.3, -0.25) is 4.79 Å². The fourth-order valence-electron chi connectivity index (χ4n) is 4.60. The monoisotopic (exact) mass is 574 g/mol. The largest absolute Gasteiger partial charge is 0.490 e. The van der Waals surface area contributed by atoms with Gasteiger partial charge in [0, 0.05) is 25.5 Å². The quantitative estimate of drug-likeness (QED) is 0.469. The molecule has 1 aromatic carbocycles. The molecule has 4 rings (SSSR count). The van der Waals surface area contributed by atoms with Crippen molar-refractivity contribution in [2.45, 2.75) is 54.8 Å². The molecule has 38 heavy (non-hydrogen) atoms. The van der Waals surface area contributed by atoms with Gasteiger partial charge in [0.2, 0.25) is 0 Å². The molecule has 13 heteroatoms. The molecule has 1 saturated carbocycles. The van der Waals surface area contributed by atoms with Crippen LogP contribution in [0.25, 0.3) is 0 Å². The van der Waals surface area contributed by atoms with Gasteiger partial charge < -0.3 is 9.64 Å². The second-order valence-corrected chi connectivity index (χ2v) is 14.0. The van der Waals surface area contributed by atoms with Crippen LogP contribution in [0, 0.1) is 11.8 Å². The summed E-state index contributed by atoms with van der Waals surface area (Å²) in [7, 11) is -7.77. The van der Waals surface area contributed by atoms with Crippen LogP contribution in [0.2, 0.25) is 0 Å². The first kappa shape index (κ1) is 28.3. The third kappa shape index (κ3) is 6.66. The highest BCUT2D eigenvalue weighted by Crippen LogP contribution is 2.33. The van der Waals surface area contributed by atoms with E-state index in [2.05, 4.69) is 4.98 Å². The molecule has 2 heterocycles. The molecule has 1 aliphatic carbocycles. The van der Waals surface area contributed by atoms with Gasteiger partial charge in [-0.05, 0) is 67.9 Å². The van der Waals surface area contributed by atoms with Crippen LogP contribution in [0.5, 0.6) is 5.75 Å². The summed E-state index contributed by atoms with van der Waals surface area (Å²) in [4.78, 5) is 18.3. The SMILES string of the molecule is CC(CS(=O)(=O)c1cc(C(F)(F)F)ccn1)C1CCN(C(=O)c2ccc(OC3CC3)cc2S(C)(=O)=O)CC1. The second kappa shape index (κ2) is 10.5. The molecular weight excluding hydrogens is 545 g/mol. The number of alkyl halides is 3. The average Bonchev–Trinajstić information content (AvgIpc) is 3.66. The summed E-state index contributed by atoms with van der Waals surface area (Å²) in [5.74, 6) is -0.897.